The highest BCUT2D eigenvalue weighted by atomic mass is 15.1. The van der Waals surface area contributed by atoms with Gasteiger partial charge < -0.3 is 10.2 Å². The van der Waals surface area contributed by atoms with Gasteiger partial charge in [0.2, 0.25) is 0 Å². The van der Waals surface area contributed by atoms with Gasteiger partial charge in [0, 0.05) is 30.2 Å². The molecule has 0 atom stereocenters. The van der Waals surface area contributed by atoms with Gasteiger partial charge >= 0.3 is 0 Å². The minimum absolute atomic E-state index is 1.10. The number of nitrogens with one attached hydrogen (secondary N) is 1. The maximum atomic E-state index is 3.55. The zero-order valence-corrected chi connectivity index (χ0v) is 12.7. The van der Waals surface area contributed by atoms with E-state index in [0.29, 0.717) is 0 Å². The van der Waals surface area contributed by atoms with E-state index in [1.54, 1.807) is 0 Å². The predicted octanol–water partition coefficient (Wildman–Crippen LogP) is 4.44. The summed E-state index contributed by atoms with van der Waals surface area (Å²) < 4.78 is 0. The normalized spacial score (nSPS) is 16.9. The summed E-state index contributed by atoms with van der Waals surface area (Å²) in [7, 11) is 0. The number of fused-ring (bicyclic) bond motifs is 2. The van der Waals surface area contributed by atoms with Crippen LogP contribution in [0, 0.1) is 6.92 Å². The molecule has 0 fully saturated rings. The van der Waals surface area contributed by atoms with Crippen LogP contribution in [0.5, 0.6) is 0 Å². The largest absolute Gasteiger partial charge is 0.385 e. The maximum Gasteiger partial charge on any atom is 0.0464 e. The Morgan fingerprint density at radius 2 is 1.95 bits per heavy atom. The molecule has 108 valence electrons. The van der Waals surface area contributed by atoms with Crippen molar-refractivity contribution in [1.29, 1.82) is 0 Å². The third kappa shape index (κ3) is 2.19. The van der Waals surface area contributed by atoms with Crippen molar-refractivity contribution in [3.63, 3.8) is 0 Å². The Labute approximate surface area is 126 Å². The van der Waals surface area contributed by atoms with Crippen molar-refractivity contribution in [1.82, 2.24) is 0 Å². The molecule has 0 amide bonds. The van der Waals surface area contributed by atoms with E-state index >= 15 is 0 Å². The van der Waals surface area contributed by atoms with E-state index in [1.807, 2.05) is 0 Å². The van der Waals surface area contributed by atoms with E-state index in [1.165, 1.54) is 59.4 Å². The summed E-state index contributed by atoms with van der Waals surface area (Å²) in [5, 5.41) is 3.55. The van der Waals surface area contributed by atoms with Crippen LogP contribution in [-0.2, 0) is 12.8 Å². The van der Waals surface area contributed by atoms with Crippen LogP contribution in [-0.4, -0.2) is 13.1 Å². The number of hydrogen-bond acceptors (Lipinski definition) is 2. The molecule has 0 unspecified atom stereocenters. The van der Waals surface area contributed by atoms with Crippen LogP contribution in [0.3, 0.4) is 0 Å². The van der Waals surface area contributed by atoms with E-state index in [4.69, 9.17) is 0 Å². The molecule has 2 aliphatic heterocycles. The molecule has 0 spiro atoms. The van der Waals surface area contributed by atoms with E-state index in [9.17, 15) is 0 Å². The quantitative estimate of drug-likeness (QED) is 0.829. The Morgan fingerprint density at radius 1 is 1.00 bits per heavy atom. The van der Waals surface area contributed by atoms with Crippen molar-refractivity contribution < 1.29 is 0 Å². The van der Waals surface area contributed by atoms with E-state index in [0.717, 1.165) is 13.1 Å². The zero-order chi connectivity index (χ0) is 14.2. The fourth-order valence-electron chi connectivity index (χ4n) is 3.72. The van der Waals surface area contributed by atoms with Crippen molar-refractivity contribution in [2.45, 2.75) is 32.6 Å². The van der Waals surface area contributed by atoms with Gasteiger partial charge in [-0.05, 0) is 61.9 Å². The summed E-state index contributed by atoms with van der Waals surface area (Å²) in [5.41, 5.74) is 8.51. The number of rotatable bonds is 1. The molecule has 0 bridgehead atoms. The topological polar surface area (TPSA) is 15.3 Å². The van der Waals surface area contributed by atoms with E-state index < -0.39 is 0 Å². The fourth-order valence-corrected chi connectivity index (χ4v) is 3.72. The highest BCUT2D eigenvalue weighted by molar-refractivity contribution is 5.76. The molecule has 2 aromatic carbocycles. The highest BCUT2D eigenvalue weighted by Gasteiger charge is 2.22. The van der Waals surface area contributed by atoms with Gasteiger partial charge in [-0.1, -0.05) is 23.8 Å². The van der Waals surface area contributed by atoms with Crippen molar-refractivity contribution in [3.05, 3.63) is 53.1 Å². The van der Waals surface area contributed by atoms with Crippen molar-refractivity contribution >= 4 is 17.1 Å². The third-order valence-corrected chi connectivity index (χ3v) is 4.71. The second-order valence-corrected chi connectivity index (χ2v) is 6.22. The lowest BCUT2D eigenvalue weighted by Gasteiger charge is -2.34. The Kier molecular flexibility index (Phi) is 3.10. The van der Waals surface area contributed by atoms with Gasteiger partial charge in [0.15, 0.2) is 0 Å². The Balaban J connectivity index is 1.82. The maximum absolute atomic E-state index is 3.55. The SMILES string of the molecule is Cc1ccc2c(c1)CCCN2c1cccc2c1CCCN2. The summed E-state index contributed by atoms with van der Waals surface area (Å²) in [4.78, 5) is 2.53. The first-order valence-electron chi connectivity index (χ1n) is 8.06. The van der Waals surface area contributed by atoms with Crippen LogP contribution in [0.25, 0.3) is 0 Å². The number of aryl methyl sites for hydroxylation is 2. The molecule has 21 heavy (non-hydrogen) atoms. The standard InChI is InChI=1S/C19H22N2/c1-14-9-10-18-15(13-14)5-4-12-21(18)19-8-2-7-17-16(19)6-3-11-20-17/h2,7-10,13,20H,3-6,11-12H2,1H3. The van der Waals surface area contributed by atoms with Crippen LogP contribution in [0.4, 0.5) is 17.1 Å². The Hall–Kier alpha value is -1.96. The van der Waals surface area contributed by atoms with Gasteiger partial charge in [-0.3, -0.25) is 0 Å². The minimum Gasteiger partial charge on any atom is -0.385 e. The lowest BCUT2D eigenvalue weighted by molar-refractivity contribution is 0.756. The molecule has 0 saturated heterocycles. The number of benzene rings is 2. The summed E-state index contributed by atoms with van der Waals surface area (Å²) in [6.07, 6.45) is 4.88. The first kappa shape index (κ1) is 12.8. The van der Waals surface area contributed by atoms with Gasteiger partial charge in [0.1, 0.15) is 0 Å². The highest BCUT2D eigenvalue weighted by Crippen LogP contribution is 2.39. The van der Waals surface area contributed by atoms with E-state index in [-0.39, 0.29) is 0 Å². The minimum atomic E-state index is 1.10. The molecule has 2 aliphatic rings. The molecule has 0 aromatic heterocycles. The van der Waals surface area contributed by atoms with Gasteiger partial charge in [-0.2, -0.15) is 0 Å². The van der Waals surface area contributed by atoms with E-state index in [2.05, 4.69) is 53.5 Å². The van der Waals surface area contributed by atoms with Crippen molar-refractivity contribution in [2.75, 3.05) is 23.3 Å². The molecular formula is C19H22N2. The summed E-state index contributed by atoms with van der Waals surface area (Å²) in [6.45, 7) is 4.42. The van der Waals surface area contributed by atoms with Crippen LogP contribution in [0.1, 0.15) is 29.5 Å². The molecule has 0 aliphatic carbocycles. The average Bonchev–Trinajstić information content (AvgIpc) is 2.53. The monoisotopic (exact) mass is 278 g/mol. The zero-order valence-electron chi connectivity index (χ0n) is 12.7. The first-order chi connectivity index (χ1) is 10.3. The van der Waals surface area contributed by atoms with Gasteiger partial charge in [0.25, 0.3) is 0 Å². The van der Waals surface area contributed by atoms with Crippen molar-refractivity contribution in [3.8, 4) is 0 Å². The lowest BCUT2D eigenvalue weighted by Crippen LogP contribution is -2.26. The Bertz CT molecular complexity index is 675. The molecule has 0 radical (unpaired) electrons. The number of anilines is 3. The second kappa shape index (κ2) is 5.10. The molecule has 2 heterocycles. The number of nitrogens with zero attached hydrogens (tertiary/aromatic N) is 1. The molecule has 2 heteroatoms. The molecular weight excluding hydrogens is 256 g/mol. The molecule has 0 saturated carbocycles. The van der Waals surface area contributed by atoms with Crippen LogP contribution >= 0.6 is 0 Å². The Morgan fingerprint density at radius 3 is 2.90 bits per heavy atom. The third-order valence-electron chi connectivity index (χ3n) is 4.71. The summed E-state index contributed by atoms with van der Waals surface area (Å²) in [6, 6.07) is 13.6. The molecule has 4 rings (SSSR count). The fraction of sp³-hybridized carbons (Fsp3) is 0.368. The smallest absolute Gasteiger partial charge is 0.0464 e. The van der Waals surface area contributed by atoms with Crippen molar-refractivity contribution in [2.24, 2.45) is 0 Å². The summed E-state index contributed by atoms with van der Waals surface area (Å²) >= 11 is 0. The number of hydrogen-bond donors (Lipinski definition) is 1. The first-order valence-corrected chi connectivity index (χ1v) is 8.06. The van der Waals surface area contributed by atoms with Gasteiger partial charge in [0.05, 0.1) is 0 Å². The lowest BCUT2D eigenvalue weighted by atomic mass is 9.96. The molecule has 1 N–H and O–H groups in total. The molecule has 2 aromatic rings. The van der Waals surface area contributed by atoms with Crippen LogP contribution in [0.15, 0.2) is 36.4 Å². The molecule has 2 nitrogen and oxygen atoms in total. The van der Waals surface area contributed by atoms with Crippen LogP contribution in [0.2, 0.25) is 0 Å². The average molecular weight is 278 g/mol. The summed E-state index contributed by atoms with van der Waals surface area (Å²) in [5.74, 6) is 0. The second-order valence-electron chi connectivity index (χ2n) is 6.22. The van der Waals surface area contributed by atoms with Crippen LogP contribution < -0.4 is 10.2 Å². The van der Waals surface area contributed by atoms with Gasteiger partial charge in [-0.25, -0.2) is 0 Å². The van der Waals surface area contributed by atoms with Gasteiger partial charge in [-0.15, -0.1) is 0 Å². The predicted molar refractivity (Wildman–Crippen MR) is 89.8 cm³/mol.